The van der Waals surface area contributed by atoms with Crippen molar-refractivity contribution >= 4 is 5.97 Å². The number of rotatable bonds is 6. The molecule has 1 aliphatic carbocycles. The third-order valence-corrected chi connectivity index (χ3v) is 3.20. The Labute approximate surface area is 114 Å². The molecule has 0 radical (unpaired) electrons. The van der Waals surface area contributed by atoms with Crippen LogP contribution in [0.1, 0.15) is 31.7 Å². The van der Waals surface area contributed by atoms with Crippen LogP contribution in [0, 0.1) is 0 Å². The first-order valence-corrected chi connectivity index (χ1v) is 6.87. The molecule has 0 saturated carbocycles. The first kappa shape index (κ1) is 13.7. The smallest absolute Gasteiger partial charge is 0.337 e. The second-order valence-electron chi connectivity index (χ2n) is 4.56. The van der Waals surface area contributed by atoms with Crippen LogP contribution in [0.15, 0.2) is 41.7 Å². The van der Waals surface area contributed by atoms with Gasteiger partial charge in [0.2, 0.25) is 0 Å². The summed E-state index contributed by atoms with van der Waals surface area (Å²) < 4.78 is 10.8. The van der Waals surface area contributed by atoms with Crippen molar-refractivity contribution in [1.29, 1.82) is 0 Å². The summed E-state index contributed by atoms with van der Waals surface area (Å²) in [5, 5.41) is 0. The molecule has 0 N–H and O–H groups in total. The number of carbonyl (C=O) groups excluding carboxylic acids is 1. The minimum absolute atomic E-state index is 0.213. The second-order valence-corrected chi connectivity index (χ2v) is 4.56. The van der Waals surface area contributed by atoms with Gasteiger partial charge in [-0.25, -0.2) is 4.79 Å². The molecule has 0 aromatic heterocycles. The van der Waals surface area contributed by atoms with E-state index in [0.29, 0.717) is 13.2 Å². The first-order valence-electron chi connectivity index (χ1n) is 6.87. The van der Waals surface area contributed by atoms with E-state index < -0.39 is 0 Å². The van der Waals surface area contributed by atoms with Crippen molar-refractivity contribution in [2.75, 3.05) is 13.2 Å². The first-order chi connectivity index (χ1) is 9.31. The third kappa shape index (κ3) is 3.85. The SMILES string of the molecule is CCOC(=O)C1=C(OCCc2ccccc2)CCC1. The molecule has 0 fully saturated rings. The van der Waals surface area contributed by atoms with Crippen molar-refractivity contribution in [2.24, 2.45) is 0 Å². The quantitative estimate of drug-likeness (QED) is 0.736. The second kappa shape index (κ2) is 6.98. The van der Waals surface area contributed by atoms with Crippen LogP contribution in [-0.2, 0) is 20.7 Å². The molecular weight excluding hydrogens is 240 g/mol. The molecule has 0 amide bonds. The highest BCUT2D eigenvalue weighted by atomic mass is 16.5. The van der Waals surface area contributed by atoms with Gasteiger partial charge in [0.25, 0.3) is 0 Å². The normalized spacial score (nSPS) is 14.6. The van der Waals surface area contributed by atoms with Crippen molar-refractivity contribution < 1.29 is 14.3 Å². The van der Waals surface area contributed by atoms with Gasteiger partial charge in [0.15, 0.2) is 0 Å². The largest absolute Gasteiger partial charge is 0.497 e. The van der Waals surface area contributed by atoms with E-state index in [1.807, 2.05) is 25.1 Å². The molecule has 0 saturated heterocycles. The van der Waals surface area contributed by atoms with E-state index in [1.54, 1.807) is 0 Å². The number of hydrogen-bond acceptors (Lipinski definition) is 3. The van der Waals surface area contributed by atoms with Crippen LogP contribution in [0.5, 0.6) is 0 Å². The number of ether oxygens (including phenoxy) is 2. The molecule has 0 heterocycles. The molecule has 3 nitrogen and oxygen atoms in total. The zero-order valence-corrected chi connectivity index (χ0v) is 11.4. The topological polar surface area (TPSA) is 35.5 Å². The number of benzene rings is 1. The molecule has 2 rings (SSSR count). The van der Waals surface area contributed by atoms with Gasteiger partial charge in [-0.15, -0.1) is 0 Å². The molecule has 1 aliphatic rings. The lowest BCUT2D eigenvalue weighted by molar-refractivity contribution is -0.138. The van der Waals surface area contributed by atoms with E-state index in [0.717, 1.165) is 37.0 Å². The number of hydrogen-bond donors (Lipinski definition) is 0. The summed E-state index contributed by atoms with van der Waals surface area (Å²) in [5.74, 6) is 0.615. The van der Waals surface area contributed by atoms with Gasteiger partial charge >= 0.3 is 5.97 Å². The molecule has 1 aromatic carbocycles. The number of esters is 1. The highest BCUT2D eigenvalue weighted by Gasteiger charge is 2.23. The summed E-state index contributed by atoms with van der Waals surface area (Å²) in [6.45, 7) is 2.85. The predicted molar refractivity (Wildman–Crippen MR) is 73.6 cm³/mol. The molecule has 0 bridgehead atoms. The molecule has 0 atom stereocenters. The minimum atomic E-state index is -0.213. The van der Waals surface area contributed by atoms with E-state index in [4.69, 9.17) is 9.47 Å². The summed E-state index contributed by atoms with van der Waals surface area (Å²) in [4.78, 5) is 11.7. The monoisotopic (exact) mass is 260 g/mol. The lowest BCUT2D eigenvalue weighted by atomic mass is 10.2. The predicted octanol–water partition coefficient (Wildman–Crippen LogP) is 3.25. The van der Waals surface area contributed by atoms with Gasteiger partial charge in [-0.05, 0) is 25.3 Å². The molecule has 1 aromatic rings. The van der Waals surface area contributed by atoms with Crippen molar-refractivity contribution in [3.8, 4) is 0 Å². The molecule has 0 spiro atoms. The van der Waals surface area contributed by atoms with Gasteiger partial charge < -0.3 is 9.47 Å². The highest BCUT2D eigenvalue weighted by molar-refractivity contribution is 5.89. The van der Waals surface area contributed by atoms with Gasteiger partial charge in [-0.3, -0.25) is 0 Å². The Balaban J connectivity index is 1.87. The average Bonchev–Trinajstić information content (AvgIpc) is 2.89. The van der Waals surface area contributed by atoms with Crippen LogP contribution in [0.3, 0.4) is 0 Å². The highest BCUT2D eigenvalue weighted by Crippen LogP contribution is 2.27. The fourth-order valence-corrected chi connectivity index (χ4v) is 2.25. The standard InChI is InChI=1S/C16H20O3/c1-2-18-16(17)14-9-6-10-15(14)19-12-11-13-7-4-3-5-8-13/h3-5,7-8H,2,6,9-12H2,1H3. The maximum Gasteiger partial charge on any atom is 0.337 e. The summed E-state index contributed by atoms with van der Waals surface area (Å²) in [7, 11) is 0. The molecule has 102 valence electrons. The minimum Gasteiger partial charge on any atom is -0.497 e. The number of carbonyl (C=O) groups is 1. The summed E-state index contributed by atoms with van der Waals surface area (Å²) in [6.07, 6.45) is 3.47. The van der Waals surface area contributed by atoms with Gasteiger partial charge in [-0.2, -0.15) is 0 Å². The summed E-state index contributed by atoms with van der Waals surface area (Å²) in [5.41, 5.74) is 1.98. The molecule has 0 aliphatic heterocycles. The van der Waals surface area contributed by atoms with Crippen LogP contribution >= 0.6 is 0 Å². The lowest BCUT2D eigenvalue weighted by Gasteiger charge is -2.09. The maximum absolute atomic E-state index is 11.7. The van der Waals surface area contributed by atoms with E-state index in [9.17, 15) is 4.79 Å². The van der Waals surface area contributed by atoms with Gasteiger partial charge in [-0.1, -0.05) is 30.3 Å². The summed E-state index contributed by atoms with van der Waals surface area (Å²) >= 11 is 0. The fraction of sp³-hybridized carbons (Fsp3) is 0.438. The Morgan fingerprint density at radius 3 is 2.74 bits per heavy atom. The fourth-order valence-electron chi connectivity index (χ4n) is 2.25. The average molecular weight is 260 g/mol. The van der Waals surface area contributed by atoms with Crippen LogP contribution in [-0.4, -0.2) is 19.2 Å². The van der Waals surface area contributed by atoms with Crippen LogP contribution < -0.4 is 0 Å². The van der Waals surface area contributed by atoms with Crippen molar-refractivity contribution in [3.63, 3.8) is 0 Å². The van der Waals surface area contributed by atoms with E-state index in [-0.39, 0.29) is 5.97 Å². The molecular formula is C16H20O3. The molecule has 3 heteroatoms. The van der Waals surface area contributed by atoms with Gasteiger partial charge in [0.05, 0.1) is 18.8 Å². The maximum atomic E-state index is 11.7. The Bertz CT molecular complexity index is 448. The van der Waals surface area contributed by atoms with E-state index in [1.165, 1.54) is 5.56 Å². The van der Waals surface area contributed by atoms with E-state index >= 15 is 0 Å². The van der Waals surface area contributed by atoms with Crippen LogP contribution in [0.2, 0.25) is 0 Å². The van der Waals surface area contributed by atoms with Crippen LogP contribution in [0.4, 0.5) is 0 Å². The zero-order valence-electron chi connectivity index (χ0n) is 11.4. The number of allylic oxidation sites excluding steroid dienone is 1. The van der Waals surface area contributed by atoms with Crippen LogP contribution in [0.25, 0.3) is 0 Å². The van der Waals surface area contributed by atoms with E-state index in [2.05, 4.69) is 12.1 Å². The van der Waals surface area contributed by atoms with Gasteiger partial charge in [0, 0.05) is 12.8 Å². The lowest BCUT2D eigenvalue weighted by Crippen LogP contribution is -2.09. The molecule has 0 unspecified atom stereocenters. The molecule has 19 heavy (non-hydrogen) atoms. The Morgan fingerprint density at radius 2 is 2.00 bits per heavy atom. The van der Waals surface area contributed by atoms with Crippen molar-refractivity contribution in [2.45, 2.75) is 32.6 Å². The van der Waals surface area contributed by atoms with Crippen molar-refractivity contribution in [3.05, 3.63) is 47.2 Å². The Morgan fingerprint density at radius 1 is 1.21 bits per heavy atom. The third-order valence-electron chi connectivity index (χ3n) is 3.20. The van der Waals surface area contributed by atoms with Crippen molar-refractivity contribution in [1.82, 2.24) is 0 Å². The summed E-state index contributed by atoms with van der Waals surface area (Å²) in [6, 6.07) is 10.2. The zero-order chi connectivity index (χ0) is 13.5. The Kier molecular flexibility index (Phi) is 5.01. The Hall–Kier alpha value is -1.77. The van der Waals surface area contributed by atoms with Gasteiger partial charge in [0.1, 0.15) is 5.76 Å².